The summed E-state index contributed by atoms with van der Waals surface area (Å²) in [6, 6.07) is 17.8. The third-order valence-electron chi connectivity index (χ3n) is 4.00. The molecule has 0 saturated carbocycles. The largest absolute Gasteiger partial charge is 0.463 e. The Morgan fingerprint density at radius 2 is 1.62 bits per heavy atom. The minimum absolute atomic E-state index is 0.0199. The highest BCUT2D eigenvalue weighted by atomic mass is 16.5. The molecule has 0 aliphatic carbocycles. The number of anilines is 1. The van der Waals surface area contributed by atoms with Crippen LogP contribution in [0.3, 0.4) is 0 Å². The van der Waals surface area contributed by atoms with Crippen molar-refractivity contribution in [2.24, 2.45) is 0 Å². The zero-order valence-electron chi connectivity index (χ0n) is 14.9. The van der Waals surface area contributed by atoms with Crippen LogP contribution in [-0.4, -0.2) is 18.5 Å². The molecule has 0 saturated heterocycles. The van der Waals surface area contributed by atoms with Crippen LogP contribution >= 0.6 is 0 Å². The minimum Gasteiger partial charge on any atom is -0.463 e. The Hall–Kier alpha value is -2.88. The summed E-state index contributed by atoms with van der Waals surface area (Å²) < 4.78 is 4.92. The number of amides is 1. The van der Waals surface area contributed by atoms with Gasteiger partial charge in [0.2, 0.25) is 5.91 Å². The molecule has 0 atom stereocenters. The van der Waals surface area contributed by atoms with E-state index >= 15 is 0 Å². The molecule has 4 heteroatoms. The SMILES string of the molecule is C=CC(=O)OCCCCCCC(=O)Nc1ccccc1-c1ccccc1. The number of hydrogen-bond acceptors (Lipinski definition) is 3. The van der Waals surface area contributed by atoms with Crippen molar-refractivity contribution in [1.82, 2.24) is 0 Å². The van der Waals surface area contributed by atoms with Gasteiger partial charge in [0.1, 0.15) is 0 Å². The molecular weight excluding hydrogens is 326 g/mol. The molecule has 0 aliphatic heterocycles. The number of unbranched alkanes of at least 4 members (excludes halogenated alkanes) is 3. The normalized spacial score (nSPS) is 10.2. The lowest BCUT2D eigenvalue weighted by Gasteiger charge is -2.11. The summed E-state index contributed by atoms with van der Waals surface area (Å²) >= 11 is 0. The van der Waals surface area contributed by atoms with Crippen LogP contribution in [0.25, 0.3) is 11.1 Å². The van der Waals surface area contributed by atoms with Gasteiger partial charge in [-0.05, 0) is 24.5 Å². The number of carbonyl (C=O) groups is 2. The monoisotopic (exact) mass is 351 g/mol. The second kappa shape index (κ2) is 10.9. The van der Waals surface area contributed by atoms with Gasteiger partial charge in [-0.1, -0.05) is 68.0 Å². The summed E-state index contributed by atoms with van der Waals surface area (Å²) in [7, 11) is 0. The Morgan fingerprint density at radius 1 is 0.923 bits per heavy atom. The van der Waals surface area contributed by atoms with Gasteiger partial charge in [-0.2, -0.15) is 0 Å². The second-order valence-corrected chi connectivity index (χ2v) is 6.00. The second-order valence-electron chi connectivity index (χ2n) is 6.00. The van der Waals surface area contributed by atoms with Crippen LogP contribution in [0, 0.1) is 0 Å². The van der Waals surface area contributed by atoms with Gasteiger partial charge in [-0.25, -0.2) is 4.79 Å². The van der Waals surface area contributed by atoms with Crippen molar-refractivity contribution >= 4 is 17.6 Å². The van der Waals surface area contributed by atoms with Gasteiger partial charge in [0.25, 0.3) is 0 Å². The van der Waals surface area contributed by atoms with Crippen LogP contribution in [0.4, 0.5) is 5.69 Å². The lowest BCUT2D eigenvalue weighted by atomic mass is 10.0. The third kappa shape index (κ3) is 6.55. The Morgan fingerprint density at radius 3 is 2.38 bits per heavy atom. The molecule has 0 radical (unpaired) electrons. The van der Waals surface area contributed by atoms with Crippen molar-refractivity contribution < 1.29 is 14.3 Å². The van der Waals surface area contributed by atoms with Crippen molar-refractivity contribution in [3.8, 4) is 11.1 Å². The van der Waals surface area contributed by atoms with Crippen LogP contribution in [0.15, 0.2) is 67.3 Å². The van der Waals surface area contributed by atoms with E-state index in [4.69, 9.17) is 4.74 Å². The van der Waals surface area contributed by atoms with E-state index in [0.717, 1.165) is 48.6 Å². The molecule has 0 bridgehead atoms. The lowest BCUT2D eigenvalue weighted by molar-refractivity contribution is -0.137. The Balaban J connectivity index is 1.74. The van der Waals surface area contributed by atoms with E-state index in [-0.39, 0.29) is 11.9 Å². The summed E-state index contributed by atoms with van der Waals surface area (Å²) in [6.07, 6.45) is 5.12. The van der Waals surface area contributed by atoms with Gasteiger partial charge < -0.3 is 10.1 Å². The van der Waals surface area contributed by atoms with Gasteiger partial charge in [0.05, 0.1) is 6.61 Å². The number of hydrogen-bond donors (Lipinski definition) is 1. The molecule has 0 unspecified atom stereocenters. The van der Waals surface area contributed by atoms with E-state index in [1.165, 1.54) is 0 Å². The van der Waals surface area contributed by atoms with Crippen molar-refractivity contribution in [2.75, 3.05) is 11.9 Å². The molecule has 2 aromatic rings. The first kappa shape index (κ1) is 19.4. The predicted molar refractivity (Wildman–Crippen MR) is 105 cm³/mol. The zero-order chi connectivity index (χ0) is 18.6. The molecule has 0 aliphatic rings. The predicted octanol–water partition coefficient (Wildman–Crippen LogP) is 4.97. The first-order valence-corrected chi connectivity index (χ1v) is 8.94. The van der Waals surface area contributed by atoms with E-state index in [1.807, 2.05) is 54.6 Å². The van der Waals surface area contributed by atoms with E-state index in [2.05, 4.69) is 11.9 Å². The highest BCUT2D eigenvalue weighted by Gasteiger charge is 2.08. The number of benzene rings is 2. The highest BCUT2D eigenvalue weighted by molar-refractivity contribution is 5.95. The number of carbonyl (C=O) groups excluding carboxylic acids is 2. The standard InChI is InChI=1S/C22H25NO3/c1-2-22(25)26-17-11-4-3-8-16-21(24)23-20-15-10-9-14-19(20)18-12-6-5-7-13-18/h2,5-7,9-10,12-15H,1,3-4,8,11,16-17H2,(H,23,24). The van der Waals surface area contributed by atoms with E-state index in [1.54, 1.807) is 0 Å². The summed E-state index contributed by atoms with van der Waals surface area (Å²) in [5.74, 6) is -0.368. The zero-order valence-corrected chi connectivity index (χ0v) is 14.9. The number of esters is 1. The Bertz CT molecular complexity index is 725. The van der Waals surface area contributed by atoms with E-state index in [0.29, 0.717) is 13.0 Å². The molecule has 1 amide bonds. The minimum atomic E-state index is -0.388. The van der Waals surface area contributed by atoms with Crippen LogP contribution in [0.1, 0.15) is 32.1 Å². The first-order chi connectivity index (χ1) is 12.7. The molecule has 1 N–H and O–H groups in total. The average Bonchev–Trinajstić information content (AvgIpc) is 2.68. The van der Waals surface area contributed by atoms with E-state index < -0.39 is 0 Å². The van der Waals surface area contributed by atoms with Crippen molar-refractivity contribution in [3.05, 3.63) is 67.3 Å². The smallest absolute Gasteiger partial charge is 0.330 e. The van der Waals surface area contributed by atoms with Crippen molar-refractivity contribution in [1.29, 1.82) is 0 Å². The van der Waals surface area contributed by atoms with Crippen LogP contribution in [0.5, 0.6) is 0 Å². The maximum Gasteiger partial charge on any atom is 0.330 e. The van der Waals surface area contributed by atoms with Crippen LogP contribution in [0.2, 0.25) is 0 Å². The fourth-order valence-corrected chi connectivity index (χ4v) is 2.65. The van der Waals surface area contributed by atoms with Crippen molar-refractivity contribution in [2.45, 2.75) is 32.1 Å². The topological polar surface area (TPSA) is 55.4 Å². The molecule has 0 fully saturated rings. The maximum atomic E-state index is 12.2. The highest BCUT2D eigenvalue weighted by Crippen LogP contribution is 2.27. The molecule has 4 nitrogen and oxygen atoms in total. The van der Waals surface area contributed by atoms with Gasteiger partial charge in [0.15, 0.2) is 0 Å². The molecule has 0 heterocycles. The number of para-hydroxylation sites is 1. The molecule has 2 aromatic carbocycles. The molecule has 0 spiro atoms. The van der Waals surface area contributed by atoms with Gasteiger partial charge in [0, 0.05) is 23.7 Å². The molecule has 136 valence electrons. The summed E-state index contributed by atoms with van der Waals surface area (Å²) in [6.45, 7) is 3.75. The van der Waals surface area contributed by atoms with Gasteiger partial charge in [-0.15, -0.1) is 0 Å². The lowest BCUT2D eigenvalue weighted by Crippen LogP contribution is -2.11. The average molecular weight is 351 g/mol. The van der Waals surface area contributed by atoms with Crippen LogP contribution < -0.4 is 5.32 Å². The summed E-state index contributed by atoms with van der Waals surface area (Å²) in [5.41, 5.74) is 2.93. The maximum absolute atomic E-state index is 12.2. The number of rotatable bonds is 10. The Labute approximate surface area is 154 Å². The fraction of sp³-hybridized carbons (Fsp3) is 0.273. The molecule has 26 heavy (non-hydrogen) atoms. The molecular formula is C22H25NO3. The third-order valence-corrected chi connectivity index (χ3v) is 4.00. The van der Waals surface area contributed by atoms with E-state index in [9.17, 15) is 9.59 Å². The van der Waals surface area contributed by atoms with Gasteiger partial charge >= 0.3 is 5.97 Å². The summed E-state index contributed by atoms with van der Waals surface area (Å²) in [4.78, 5) is 23.1. The number of nitrogens with one attached hydrogen (secondary N) is 1. The molecule has 2 rings (SSSR count). The summed E-state index contributed by atoms with van der Waals surface area (Å²) in [5, 5.41) is 3.01. The van der Waals surface area contributed by atoms with Crippen molar-refractivity contribution in [3.63, 3.8) is 0 Å². The van der Waals surface area contributed by atoms with Gasteiger partial charge in [-0.3, -0.25) is 4.79 Å². The fourth-order valence-electron chi connectivity index (χ4n) is 2.65. The van der Waals surface area contributed by atoms with Crippen LogP contribution in [-0.2, 0) is 14.3 Å². The quantitative estimate of drug-likeness (QED) is 0.373. The molecule has 0 aromatic heterocycles. The first-order valence-electron chi connectivity index (χ1n) is 8.94. The number of ether oxygens (including phenoxy) is 1. The Kier molecular flexibility index (Phi) is 8.13.